The summed E-state index contributed by atoms with van der Waals surface area (Å²) < 4.78 is 17.3. The number of ether oxygens (including phenoxy) is 3. The molecule has 0 spiro atoms. The molecular formula is C16H26N2O8S2. The molecule has 2 fully saturated rings. The van der Waals surface area contributed by atoms with Crippen molar-refractivity contribution in [3.05, 3.63) is 0 Å². The molecule has 0 aliphatic carbocycles. The molecule has 3 heterocycles. The number of aliphatic hydroxyl groups excluding tert-OH is 5. The van der Waals surface area contributed by atoms with E-state index in [1.807, 2.05) is 0 Å². The molecule has 3 rings (SSSR count). The third kappa shape index (κ3) is 4.36. The van der Waals surface area contributed by atoms with Gasteiger partial charge in [0.1, 0.15) is 36.6 Å². The normalized spacial score (nSPS) is 46.0. The van der Waals surface area contributed by atoms with Crippen LogP contribution in [0.15, 0.2) is 4.99 Å². The van der Waals surface area contributed by atoms with Gasteiger partial charge in [-0.1, -0.05) is 12.2 Å². The lowest BCUT2D eigenvalue weighted by atomic mass is 9.96. The summed E-state index contributed by atoms with van der Waals surface area (Å²) >= 11 is 6.39. The molecule has 0 unspecified atom stereocenters. The second-order valence-electron chi connectivity index (χ2n) is 7.00. The van der Waals surface area contributed by atoms with Crippen LogP contribution in [-0.2, 0) is 14.2 Å². The Kier molecular flexibility index (Phi) is 7.29. The molecule has 2 saturated heterocycles. The zero-order valence-electron chi connectivity index (χ0n) is 15.4. The molecule has 28 heavy (non-hydrogen) atoms. The highest BCUT2D eigenvalue weighted by molar-refractivity contribution is 8.14. The predicted molar refractivity (Wildman–Crippen MR) is 104 cm³/mol. The Morgan fingerprint density at radius 3 is 2.43 bits per heavy atom. The van der Waals surface area contributed by atoms with Gasteiger partial charge in [0, 0.05) is 0 Å². The molecule has 10 atom stereocenters. The predicted octanol–water partition coefficient (Wildman–Crippen LogP) is -2.27. The van der Waals surface area contributed by atoms with E-state index in [4.69, 9.17) is 26.4 Å². The summed E-state index contributed by atoms with van der Waals surface area (Å²) in [5, 5.41) is 53.8. The summed E-state index contributed by atoms with van der Waals surface area (Å²) in [7, 11) is 0. The van der Waals surface area contributed by atoms with Gasteiger partial charge in [-0.3, -0.25) is 4.99 Å². The number of nitrogens with zero attached hydrogens (tertiary/aromatic N) is 1. The van der Waals surface area contributed by atoms with Crippen molar-refractivity contribution in [2.75, 3.05) is 13.2 Å². The molecule has 0 radical (unpaired) electrons. The number of hydrogen-bond donors (Lipinski definition) is 6. The van der Waals surface area contributed by atoms with Crippen LogP contribution in [0.4, 0.5) is 0 Å². The molecule has 0 bridgehead atoms. The van der Waals surface area contributed by atoms with Crippen molar-refractivity contribution in [2.24, 2.45) is 4.99 Å². The highest BCUT2D eigenvalue weighted by Crippen LogP contribution is 2.38. The first-order valence-electron chi connectivity index (χ1n) is 8.97. The Balaban J connectivity index is 1.80. The van der Waals surface area contributed by atoms with Gasteiger partial charge in [-0.15, -0.1) is 11.8 Å². The highest BCUT2D eigenvalue weighted by Gasteiger charge is 2.52. The fourth-order valence-electron chi connectivity index (χ4n) is 3.60. The van der Waals surface area contributed by atoms with Gasteiger partial charge in [0.2, 0.25) is 0 Å². The van der Waals surface area contributed by atoms with Gasteiger partial charge in [0.15, 0.2) is 12.5 Å². The van der Waals surface area contributed by atoms with E-state index in [1.54, 1.807) is 13.8 Å². The lowest BCUT2D eigenvalue weighted by Gasteiger charge is -2.46. The van der Waals surface area contributed by atoms with Crippen LogP contribution in [0.1, 0.15) is 13.8 Å². The number of rotatable bonds is 5. The molecule has 3 aliphatic rings. The maximum Gasteiger partial charge on any atom is 0.181 e. The standard InChI is InChI=1S/C16H26N2O8S2/c1-5(27)17-9-11(22)10(21)7(3-19)25-16(9)26-13-8(4-20)24-15-14(12(13)23)28-6(2)18-15/h7-16,19-23H,3-4H2,1-2H3,(H,17,27)/t7-,8-,9-,10-,11-,12+,13-,14-,15+,16+/m1/s1. The summed E-state index contributed by atoms with van der Waals surface area (Å²) in [6.45, 7) is 2.44. The van der Waals surface area contributed by atoms with E-state index >= 15 is 0 Å². The molecule has 6 N–H and O–H groups in total. The molecule has 0 saturated carbocycles. The monoisotopic (exact) mass is 438 g/mol. The van der Waals surface area contributed by atoms with Crippen molar-refractivity contribution in [3.63, 3.8) is 0 Å². The van der Waals surface area contributed by atoms with Gasteiger partial charge in [-0.05, 0) is 13.8 Å². The summed E-state index contributed by atoms with van der Waals surface area (Å²) in [4.78, 5) is 4.64. The first-order chi connectivity index (χ1) is 13.3. The van der Waals surface area contributed by atoms with Gasteiger partial charge in [0.25, 0.3) is 0 Å². The number of aliphatic hydroxyl groups is 5. The van der Waals surface area contributed by atoms with Gasteiger partial charge in [0.05, 0.1) is 34.6 Å². The number of thiocarbonyl (C=S) groups is 1. The van der Waals surface area contributed by atoms with Crippen molar-refractivity contribution < 1.29 is 39.7 Å². The molecule has 0 aromatic carbocycles. The fourth-order valence-corrected chi connectivity index (χ4v) is 4.83. The Labute approximate surface area is 171 Å². The lowest BCUT2D eigenvalue weighted by molar-refractivity contribution is -0.309. The van der Waals surface area contributed by atoms with Gasteiger partial charge >= 0.3 is 0 Å². The van der Waals surface area contributed by atoms with E-state index in [0.717, 1.165) is 5.04 Å². The molecule has 12 heteroatoms. The second-order valence-corrected chi connectivity index (χ2v) is 8.99. The SMILES string of the molecule is CC(=S)N[C@H]1[C@H](O[C@H]2[C@H](O)[C@H]3SC(C)=N[C@H]3O[C@@H]2CO)O[C@H](CO)[C@@H](O)[C@@H]1O. The van der Waals surface area contributed by atoms with Crippen LogP contribution in [-0.4, -0.2) is 109 Å². The Bertz CT molecular complexity index is 611. The Morgan fingerprint density at radius 1 is 1.14 bits per heavy atom. The quantitative estimate of drug-likeness (QED) is 0.258. The zero-order valence-corrected chi connectivity index (χ0v) is 17.0. The molecule has 10 nitrogen and oxygen atoms in total. The van der Waals surface area contributed by atoms with E-state index in [2.05, 4.69) is 10.3 Å². The van der Waals surface area contributed by atoms with Crippen molar-refractivity contribution in [3.8, 4) is 0 Å². The summed E-state index contributed by atoms with van der Waals surface area (Å²) in [6, 6.07) is -0.950. The third-order valence-electron chi connectivity index (χ3n) is 4.97. The van der Waals surface area contributed by atoms with E-state index < -0.39 is 73.6 Å². The zero-order chi connectivity index (χ0) is 20.6. The van der Waals surface area contributed by atoms with Crippen LogP contribution in [0.2, 0.25) is 0 Å². The molecule has 0 aromatic heterocycles. The molecule has 0 amide bonds. The van der Waals surface area contributed by atoms with Crippen molar-refractivity contribution >= 4 is 34.0 Å². The topological polar surface area (TPSA) is 153 Å². The number of thioether (sulfide) groups is 1. The van der Waals surface area contributed by atoms with Crippen LogP contribution in [0, 0.1) is 0 Å². The Morgan fingerprint density at radius 2 is 1.82 bits per heavy atom. The summed E-state index contributed by atoms with van der Waals surface area (Å²) in [6.07, 6.45) is -8.43. The fraction of sp³-hybridized carbons (Fsp3) is 0.875. The summed E-state index contributed by atoms with van der Waals surface area (Å²) in [5.41, 5.74) is 0. The highest BCUT2D eigenvalue weighted by atomic mass is 32.2. The number of nitrogens with one attached hydrogen (secondary N) is 1. The first-order valence-corrected chi connectivity index (χ1v) is 10.3. The Hall–Kier alpha value is -0.410. The lowest BCUT2D eigenvalue weighted by Crippen LogP contribution is -2.67. The number of fused-ring (bicyclic) bond motifs is 1. The van der Waals surface area contributed by atoms with Crippen LogP contribution >= 0.6 is 24.0 Å². The smallest absolute Gasteiger partial charge is 0.181 e. The van der Waals surface area contributed by atoms with Crippen molar-refractivity contribution in [1.29, 1.82) is 0 Å². The first kappa shape index (κ1) is 22.3. The van der Waals surface area contributed by atoms with E-state index in [1.165, 1.54) is 11.8 Å². The van der Waals surface area contributed by atoms with Crippen LogP contribution in [0.3, 0.4) is 0 Å². The minimum absolute atomic E-state index is 0.338. The molecule has 160 valence electrons. The van der Waals surface area contributed by atoms with Gasteiger partial charge < -0.3 is 45.1 Å². The van der Waals surface area contributed by atoms with E-state index in [-0.39, 0.29) is 0 Å². The average molecular weight is 439 g/mol. The third-order valence-corrected chi connectivity index (χ3v) is 6.32. The van der Waals surface area contributed by atoms with Crippen molar-refractivity contribution in [2.45, 2.75) is 74.3 Å². The van der Waals surface area contributed by atoms with Gasteiger partial charge in [-0.25, -0.2) is 0 Å². The second kappa shape index (κ2) is 9.16. The van der Waals surface area contributed by atoms with Gasteiger partial charge in [-0.2, -0.15) is 0 Å². The average Bonchev–Trinajstić information content (AvgIpc) is 3.03. The largest absolute Gasteiger partial charge is 0.394 e. The van der Waals surface area contributed by atoms with E-state index in [9.17, 15) is 25.5 Å². The molecule has 3 aliphatic heterocycles. The van der Waals surface area contributed by atoms with Crippen LogP contribution < -0.4 is 5.32 Å². The van der Waals surface area contributed by atoms with E-state index in [0.29, 0.717) is 4.99 Å². The number of hydrogen-bond acceptors (Lipinski definition) is 11. The maximum atomic E-state index is 10.8. The molecule has 0 aromatic rings. The number of aliphatic imine (C=N–C) groups is 1. The summed E-state index contributed by atoms with van der Waals surface area (Å²) in [5.74, 6) is 0. The van der Waals surface area contributed by atoms with Crippen LogP contribution in [0.5, 0.6) is 0 Å². The molecular weight excluding hydrogens is 412 g/mol. The maximum absolute atomic E-state index is 10.8. The minimum Gasteiger partial charge on any atom is -0.394 e. The minimum atomic E-state index is -1.36. The van der Waals surface area contributed by atoms with Crippen molar-refractivity contribution in [1.82, 2.24) is 5.32 Å². The van der Waals surface area contributed by atoms with Crippen LogP contribution in [0.25, 0.3) is 0 Å².